The van der Waals surface area contributed by atoms with Gasteiger partial charge in [-0.1, -0.05) is 26.2 Å². The van der Waals surface area contributed by atoms with Crippen LogP contribution in [-0.2, 0) is 13.0 Å². The zero-order valence-corrected chi connectivity index (χ0v) is 13.8. The van der Waals surface area contributed by atoms with Crippen molar-refractivity contribution in [2.24, 2.45) is 5.41 Å². The average Bonchev–Trinajstić information content (AvgIpc) is 2.77. The molecule has 0 radical (unpaired) electrons. The molecule has 3 nitrogen and oxygen atoms in total. The van der Waals surface area contributed by atoms with Crippen LogP contribution in [0, 0.1) is 12.3 Å². The minimum Gasteiger partial charge on any atom is -0.312 e. The molecule has 0 atom stereocenters. The van der Waals surface area contributed by atoms with Crippen LogP contribution < -0.4 is 0 Å². The highest BCUT2D eigenvalue weighted by molar-refractivity contribution is 6.17. The van der Waals surface area contributed by atoms with E-state index in [0.717, 1.165) is 35.6 Å². The third-order valence-corrected chi connectivity index (χ3v) is 4.92. The zero-order valence-electron chi connectivity index (χ0n) is 13.0. The summed E-state index contributed by atoms with van der Waals surface area (Å²) in [7, 11) is 0. The zero-order chi connectivity index (χ0) is 14.9. The van der Waals surface area contributed by atoms with E-state index in [0.29, 0.717) is 11.3 Å². The van der Waals surface area contributed by atoms with E-state index in [4.69, 9.17) is 21.6 Å². The number of pyridine rings is 1. The molecule has 2 aromatic rings. The summed E-state index contributed by atoms with van der Waals surface area (Å²) in [5.41, 5.74) is 3.45. The van der Waals surface area contributed by atoms with Crippen LogP contribution in [0.3, 0.4) is 0 Å². The quantitative estimate of drug-likeness (QED) is 0.779. The van der Waals surface area contributed by atoms with Crippen molar-refractivity contribution in [1.82, 2.24) is 14.5 Å². The minimum absolute atomic E-state index is 0.373. The van der Waals surface area contributed by atoms with Crippen LogP contribution >= 0.6 is 11.6 Å². The smallest absolute Gasteiger partial charge is 0.160 e. The van der Waals surface area contributed by atoms with E-state index in [2.05, 4.69) is 17.6 Å². The van der Waals surface area contributed by atoms with Crippen LogP contribution in [0.25, 0.3) is 11.2 Å². The Kier molecular flexibility index (Phi) is 4.21. The number of aryl methyl sites for hydroxylation is 2. The molecule has 1 fully saturated rings. The van der Waals surface area contributed by atoms with Crippen molar-refractivity contribution in [3.8, 4) is 0 Å². The fourth-order valence-corrected chi connectivity index (χ4v) is 3.70. The monoisotopic (exact) mass is 305 g/mol. The summed E-state index contributed by atoms with van der Waals surface area (Å²) in [6.45, 7) is 5.48. The lowest BCUT2D eigenvalue weighted by atomic mass is 9.75. The second kappa shape index (κ2) is 5.96. The molecular weight excluding hydrogens is 282 g/mol. The Morgan fingerprint density at radius 3 is 2.67 bits per heavy atom. The number of hydrogen-bond acceptors (Lipinski definition) is 2. The van der Waals surface area contributed by atoms with Crippen molar-refractivity contribution in [2.75, 3.05) is 5.88 Å². The van der Waals surface area contributed by atoms with Crippen LogP contribution in [0.1, 0.15) is 50.5 Å². The highest BCUT2D eigenvalue weighted by atomic mass is 35.5. The van der Waals surface area contributed by atoms with Crippen molar-refractivity contribution >= 4 is 22.8 Å². The Bertz CT molecular complexity index is 626. The van der Waals surface area contributed by atoms with E-state index < -0.39 is 0 Å². The molecule has 0 bridgehead atoms. The summed E-state index contributed by atoms with van der Waals surface area (Å²) >= 11 is 5.97. The molecule has 0 N–H and O–H groups in total. The van der Waals surface area contributed by atoms with E-state index in [-0.39, 0.29) is 0 Å². The van der Waals surface area contributed by atoms with Gasteiger partial charge >= 0.3 is 0 Å². The highest BCUT2D eigenvalue weighted by Gasteiger charge is 2.29. The second-order valence-corrected chi connectivity index (χ2v) is 7.10. The Hall–Kier alpha value is -1.09. The molecule has 0 aromatic carbocycles. The molecule has 0 aliphatic heterocycles. The van der Waals surface area contributed by atoms with E-state index >= 15 is 0 Å². The summed E-state index contributed by atoms with van der Waals surface area (Å²) in [5, 5.41) is 0. The van der Waals surface area contributed by atoms with Gasteiger partial charge in [-0.05, 0) is 37.3 Å². The van der Waals surface area contributed by atoms with Gasteiger partial charge in [-0.15, -0.1) is 11.6 Å². The van der Waals surface area contributed by atoms with E-state index in [1.54, 1.807) is 0 Å². The largest absolute Gasteiger partial charge is 0.312 e. The number of nitrogens with zero attached hydrogens (tertiary/aromatic N) is 3. The molecule has 0 saturated heterocycles. The molecule has 0 spiro atoms. The third-order valence-electron chi connectivity index (χ3n) is 4.73. The molecule has 4 heteroatoms. The molecule has 1 aliphatic carbocycles. The van der Waals surface area contributed by atoms with Gasteiger partial charge in [0.2, 0.25) is 0 Å². The fraction of sp³-hybridized carbons (Fsp3) is 0.647. The lowest BCUT2D eigenvalue weighted by molar-refractivity contribution is 0.183. The number of aromatic nitrogens is 3. The van der Waals surface area contributed by atoms with E-state index in [9.17, 15) is 0 Å². The van der Waals surface area contributed by atoms with E-state index in [1.807, 2.05) is 13.0 Å². The van der Waals surface area contributed by atoms with Crippen molar-refractivity contribution in [2.45, 2.75) is 58.9 Å². The maximum Gasteiger partial charge on any atom is 0.160 e. The van der Waals surface area contributed by atoms with Crippen LogP contribution in [0.2, 0.25) is 0 Å². The first-order valence-corrected chi connectivity index (χ1v) is 8.53. The van der Waals surface area contributed by atoms with Gasteiger partial charge in [0.05, 0.1) is 0 Å². The number of halogens is 1. The summed E-state index contributed by atoms with van der Waals surface area (Å²) in [5.74, 6) is 1.70. The Morgan fingerprint density at radius 2 is 1.95 bits per heavy atom. The van der Waals surface area contributed by atoms with Gasteiger partial charge in [-0.25, -0.2) is 9.97 Å². The molecule has 0 amide bonds. The van der Waals surface area contributed by atoms with Crippen molar-refractivity contribution in [3.63, 3.8) is 0 Å². The average molecular weight is 306 g/mol. The maximum atomic E-state index is 5.97. The van der Waals surface area contributed by atoms with Crippen LogP contribution in [0.5, 0.6) is 0 Å². The highest BCUT2D eigenvalue weighted by Crippen LogP contribution is 2.38. The van der Waals surface area contributed by atoms with Crippen LogP contribution in [0.4, 0.5) is 0 Å². The van der Waals surface area contributed by atoms with Gasteiger partial charge in [-0.2, -0.15) is 0 Å². The molecule has 2 aromatic heterocycles. The van der Waals surface area contributed by atoms with Crippen LogP contribution in [0.15, 0.2) is 12.1 Å². The molecule has 2 heterocycles. The van der Waals surface area contributed by atoms with Gasteiger partial charge < -0.3 is 4.57 Å². The molecule has 21 heavy (non-hydrogen) atoms. The number of rotatable bonds is 4. The van der Waals surface area contributed by atoms with Gasteiger partial charge in [0.25, 0.3) is 0 Å². The Morgan fingerprint density at radius 1 is 1.19 bits per heavy atom. The fourth-order valence-electron chi connectivity index (χ4n) is 3.53. The maximum absolute atomic E-state index is 5.97. The normalized spacial score (nSPS) is 18.2. The molecule has 0 unspecified atom stereocenters. The SMILES string of the molecule is Cc1ccc2nc(CCCl)n(CC3(C)CCCCC3)c2n1. The van der Waals surface area contributed by atoms with Crippen molar-refractivity contribution in [3.05, 3.63) is 23.7 Å². The molecular formula is C17H24ClN3. The van der Waals surface area contributed by atoms with Crippen LogP contribution in [-0.4, -0.2) is 20.4 Å². The van der Waals surface area contributed by atoms with Gasteiger partial charge in [-0.3, -0.25) is 0 Å². The standard InChI is InChI=1S/C17H24ClN3/c1-13-6-7-14-16(19-13)21(15(20-14)8-11-18)12-17(2)9-4-3-5-10-17/h6-7H,3-5,8-12H2,1-2H3. The topological polar surface area (TPSA) is 30.7 Å². The summed E-state index contributed by atoms with van der Waals surface area (Å²) in [4.78, 5) is 9.49. The third kappa shape index (κ3) is 3.08. The van der Waals surface area contributed by atoms with E-state index in [1.165, 1.54) is 32.1 Å². The Balaban J connectivity index is 2.01. The predicted molar refractivity (Wildman–Crippen MR) is 87.9 cm³/mol. The summed E-state index contributed by atoms with van der Waals surface area (Å²) < 4.78 is 2.33. The predicted octanol–water partition coefficient (Wildman–Crippen LogP) is 4.49. The first kappa shape index (κ1) is 14.8. The summed E-state index contributed by atoms with van der Waals surface area (Å²) in [6, 6.07) is 4.11. The molecule has 1 saturated carbocycles. The molecule has 1 aliphatic rings. The van der Waals surface area contributed by atoms with Crippen molar-refractivity contribution in [1.29, 1.82) is 0 Å². The number of hydrogen-bond donors (Lipinski definition) is 0. The van der Waals surface area contributed by atoms with Gasteiger partial charge in [0.1, 0.15) is 11.3 Å². The number of imidazole rings is 1. The second-order valence-electron chi connectivity index (χ2n) is 6.72. The number of fused-ring (bicyclic) bond motifs is 1. The Labute approximate surface area is 131 Å². The first-order chi connectivity index (χ1) is 10.1. The van der Waals surface area contributed by atoms with Gasteiger partial charge in [0.15, 0.2) is 5.65 Å². The molecule has 3 rings (SSSR count). The van der Waals surface area contributed by atoms with Gasteiger partial charge in [0, 0.05) is 24.5 Å². The molecule has 114 valence electrons. The lowest BCUT2D eigenvalue weighted by Crippen LogP contribution is -2.27. The lowest BCUT2D eigenvalue weighted by Gasteiger charge is -2.34. The first-order valence-electron chi connectivity index (χ1n) is 8.00. The minimum atomic E-state index is 0.373. The summed E-state index contributed by atoms with van der Waals surface area (Å²) in [6.07, 6.45) is 7.50. The number of alkyl halides is 1. The van der Waals surface area contributed by atoms with Crippen molar-refractivity contribution < 1.29 is 0 Å².